The second-order valence-corrected chi connectivity index (χ2v) is 6.51. The number of nitrogens with zero attached hydrogens (tertiary/aromatic N) is 3. The molecule has 1 fully saturated rings. The minimum absolute atomic E-state index is 0.305. The molecule has 2 rings (SSSR count). The predicted octanol–water partition coefficient (Wildman–Crippen LogP) is 3.27. The molecule has 1 saturated heterocycles. The Hall–Kier alpha value is -2.06. The van der Waals surface area contributed by atoms with Crippen molar-refractivity contribution in [2.75, 3.05) is 13.1 Å². The van der Waals surface area contributed by atoms with Crippen molar-refractivity contribution in [2.24, 2.45) is 0 Å². The Balaban J connectivity index is 1.88. The summed E-state index contributed by atoms with van der Waals surface area (Å²) in [7, 11) is 0. The molecule has 0 saturated carbocycles. The number of carbonyl (C=O) groups excluding carboxylic acids is 1. The van der Waals surface area contributed by atoms with Crippen molar-refractivity contribution < 1.29 is 27.4 Å². The van der Waals surface area contributed by atoms with E-state index in [1.807, 2.05) is 0 Å². The molecule has 0 aliphatic carbocycles. The fourth-order valence-electron chi connectivity index (χ4n) is 2.19. The van der Waals surface area contributed by atoms with Gasteiger partial charge in [-0.2, -0.15) is 18.2 Å². The third-order valence-electron chi connectivity index (χ3n) is 3.29. The Morgan fingerprint density at radius 1 is 1.25 bits per heavy atom. The lowest BCUT2D eigenvalue weighted by atomic mass is 10.1. The number of likely N-dealkylation sites (tertiary alicyclic amines) is 1. The molecule has 6 nitrogen and oxygen atoms in total. The van der Waals surface area contributed by atoms with E-state index < -0.39 is 23.6 Å². The van der Waals surface area contributed by atoms with Gasteiger partial charge in [0.15, 0.2) is 5.69 Å². The van der Waals surface area contributed by atoms with E-state index in [9.17, 15) is 18.0 Å². The van der Waals surface area contributed by atoms with Gasteiger partial charge in [0.05, 0.1) is 0 Å². The van der Waals surface area contributed by atoms with Crippen molar-refractivity contribution in [2.45, 2.75) is 51.5 Å². The van der Waals surface area contributed by atoms with Crippen LogP contribution in [0.4, 0.5) is 18.0 Å². The Bertz CT molecular complexity index is 579. The number of hydrogen-bond acceptors (Lipinski definition) is 5. The Morgan fingerprint density at radius 3 is 2.42 bits per heavy atom. The Kier molecular flexibility index (Phi) is 5.19. The highest BCUT2D eigenvalue weighted by molar-refractivity contribution is 5.68. The molecule has 134 valence electrons. The third-order valence-corrected chi connectivity index (χ3v) is 3.29. The molecule has 0 atom stereocenters. The van der Waals surface area contributed by atoms with Gasteiger partial charge >= 0.3 is 18.3 Å². The van der Waals surface area contributed by atoms with Crippen LogP contribution in [0.25, 0.3) is 0 Å². The van der Waals surface area contributed by atoms with Gasteiger partial charge in [-0.25, -0.2) is 9.78 Å². The highest BCUT2D eigenvalue weighted by Crippen LogP contribution is 2.28. The van der Waals surface area contributed by atoms with E-state index in [1.165, 1.54) is 0 Å². The first-order valence-electron chi connectivity index (χ1n) is 7.59. The van der Waals surface area contributed by atoms with Gasteiger partial charge in [-0.05, 0) is 26.8 Å². The van der Waals surface area contributed by atoms with E-state index in [-0.39, 0.29) is 12.1 Å². The minimum atomic E-state index is -4.54. The van der Waals surface area contributed by atoms with Crippen molar-refractivity contribution in [3.63, 3.8) is 0 Å². The van der Waals surface area contributed by atoms with E-state index in [0.29, 0.717) is 25.9 Å². The summed E-state index contributed by atoms with van der Waals surface area (Å²) in [5.74, 6) is 0. The van der Waals surface area contributed by atoms with Gasteiger partial charge in [-0.1, -0.05) is 0 Å². The van der Waals surface area contributed by atoms with Crippen LogP contribution in [-0.2, 0) is 10.9 Å². The first kappa shape index (κ1) is 18.3. The average Bonchev–Trinajstić information content (AvgIpc) is 2.45. The lowest BCUT2D eigenvalue weighted by Gasteiger charge is -2.33. The molecule has 1 aromatic rings. The number of rotatable bonds is 2. The molecular formula is C15H20F3N3O3. The van der Waals surface area contributed by atoms with Crippen LogP contribution in [0.5, 0.6) is 6.01 Å². The first-order valence-corrected chi connectivity index (χ1v) is 7.59. The summed E-state index contributed by atoms with van der Waals surface area (Å²) in [4.78, 5) is 20.6. The molecule has 2 heterocycles. The second kappa shape index (κ2) is 6.82. The summed E-state index contributed by atoms with van der Waals surface area (Å²) < 4.78 is 48.6. The molecule has 1 aliphatic heterocycles. The number of carbonyl (C=O) groups is 1. The molecule has 0 radical (unpaired) electrons. The zero-order valence-corrected chi connectivity index (χ0v) is 13.8. The third kappa shape index (κ3) is 5.24. The molecule has 1 amide bonds. The maximum absolute atomic E-state index is 12.6. The molecular weight excluding hydrogens is 327 g/mol. The van der Waals surface area contributed by atoms with Crippen LogP contribution < -0.4 is 4.74 Å². The summed E-state index contributed by atoms with van der Waals surface area (Å²) in [6, 6.07) is 0.485. The summed E-state index contributed by atoms with van der Waals surface area (Å²) in [6.07, 6.45) is -3.33. The number of aromatic nitrogens is 2. The Labute approximate surface area is 138 Å². The van der Waals surface area contributed by atoms with Crippen LogP contribution in [0, 0.1) is 0 Å². The Morgan fingerprint density at radius 2 is 1.88 bits per heavy atom. The van der Waals surface area contributed by atoms with Gasteiger partial charge in [0.25, 0.3) is 0 Å². The molecule has 1 aliphatic rings. The van der Waals surface area contributed by atoms with Crippen LogP contribution >= 0.6 is 0 Å². The zero-order valence-electron chi connectivity index (χ0n) is 13.8. The predicted molar refractivity (Wildman–Crippen MR) is 78.5 cm³/mol. The number of piperidine rings is 1. The van der Waals surface area contributed by atoms with Crippen LogP contribution in [0.15, 0.2) is 12.3 Å². The molecule has 0 N–H and O–H groups in total. The van der Waals surface area contributed by atoms with Crippen LogP contribution in [0.1, 0.15) is 39.3 Å². The van der Waals surface area contributed by atoms with Crippen LogP contribution in [0.3, 0.4) is 0 Å². The number of amides is 1. The normalized spacial score (nSPS) is 16.8. The molecule has 0 aromatic carbocycles. The average molecular weight is 347 g/mol. The van der Waals surface area contributed by atoms with E-state index in [4.69, 9.17) is 9.47 Å². The second-order valence-electron chi connectivity index (χ2n) is 6.51. The molecule has 0 spiro atoms. The van der Waals surface area contributed by atoms with Crippen molar-refractivity contribution in [1.82, 2.24) is 14.9 Å². The largest absolute Gasteiger partial charge is 0.460 e. The van der Waals surface area contributed by atoms with E-state index in [2.05, 4.69) is 9.97 Å². The maximum Gasteiger partial charge on any atom is 0.433 e. The van der Waals surface area contributed by atoms with Crippen molar-refractivity contribution in [1.29, 1.82) is 0 Å². The van der Waals surface area contributed by atoms with Gasteiger partial charge in [0.1, 0.15) is 11.7 Å². The summed E-state index contributed by atoms with van der Waals surface area (Å²) >= 11 is 0. The molecule has 1 aromatic heterocycles. The van der Waals surface area contributed by atoms with Crippen molar-refractivity contribution >= 4 is 6.09 Å². The highest BCUT2D eigenvalue weighted by Gasteiger charge is 2.33. The molecule has 0 bridgehead atoms. The lowest BCUT2D eigenvalue weighted by Crippen LogP contribution is -2.44. The summed E-state index contributed by atoms with van der Waals surface area (Å²) in [5, 5.41) is 0. The number of ether oxygens (including phenoxy) is 2. The quantitative estimate of drug-likeness (QED) is 0.821. The van der Waals surface area contributed by atoms with E-state index >= 15 is 0 Å². The monoisotopic (exact) mass is 347 g/mol. The van der Waals surface area contributed by atoms with Crippen LogP contribution in [0.2, 0.25) is 0 Å². The highest BCUT2D eigenvalue weighted by atomic mass is 19.4. The standard InChI is InChI=1S/C15H20F3N3O3/c1-14(2,3)24-13(22)21-8-5-10(6-9-21)23-12-19-7-4-11(20-12)15(16,17)18/h4,7,10H,5-6,8-9H2,1-3H3. The van der Waals surface area contributed by atoms with Gasteiger partial charge in [0, 0.05) is 32.1 Å². The zero-order chi connectivity index (χ0) is 18.0. The molecule has 24 heavy (non-hydrogen) atoms. The van der Waals surface area contributed by atoms with Gasteiger partial charge in [-0.3, -0.25) is 0 Å². The number of halogens is 3. The summed E-state index contributed by atoms with van der Waals surface area (Å²) in [5.41, 5.74) is -1.62. The SMILES string of the molecule is CC(C)(C)OC(=O)N1CCC(Oc2nccc(C(F)(F)F)n2)CC1. The lowest BCUT2D eigenvalue weighted by molar-refractivity contribution is -0.141. The summed E-state index contributed by atoms with van der Waals surface area (Å²) in [6.45, 7) is 6.15. The topological polar surface area (TPSA) is 64.5 Å². The maximum atomic E-state index is 12.6. The fourth-order valence-corrected chi connectivity index (χ4v) is 2.19. The molecule has 0 unspecified atom stereocenters. The fraction of sp³-hybridized carbons (Fsp3) is 0.667. The minimum Gasteiger partial charge on any atom is -0.460 e. The van der Waals surface area contributed by atoms with E-state index in [0.717, 1.165) is 12.3 Å². The van der Waals surface area contributed by atoms with Gasteiger partial charge in [0.2, 0.25) is 0 Å². The number of alkyl halides is 3. The number of hydrogen-bond donors (Lipinski definition) is 0. The first-order chi connectivity index (χ1) is 11.0. The van der Waals surface area contributed by atoms with Gasteiger partial charge in [-0.15, -0.1) is 0 Å². The van der Waals surface area contributed by atoms with Crippen LogP contribution in [-0.4, -0.2) is 45.8 Å². The van der Waals surface area contributed by atoms with E-state index in [1.54, 1.807) is 25.7 Å². The molecule has 9 heteroatoms. The van der Waals surface area contributed by atoms with Crippen molar-refractivity contribution in [3.8, 4) is 6.01 Å². The van der Waals surface area contributed by atoms with Crippen molar-refractivity contribution in [3.05, 3.63) is 18.0 Å². The smallest absolute Gasteiger partial charge is 0.433 e. The van der Waals surface area contributed by atoms with Gasteiger partial charge < -0.3 is 14.4 Å².